The number of nitrogens with zero attached hydrogens (tertiary/aromatic N) is 3. The van der Waals surface area contributed by atoms with Crippen LogP contribution in [0.1, 0.15) is 13.3 Å². The van der Waals surface area contributed by atoms with Gasteiger partial charge in [0.15, 0.2) is 0 Å². The fourth-order valence-electron chi connectivity index (χ4n) is 1.48. The fraction of sp³-hybridized carbons (Fsp3) is 0.250. The van der Waals surface area contributed by atoms with Crippen LogP contribution >= 0.6 is 0 Å². The molecule has 0 unspecified atom stereocenters. The van der Waals surface area contributed by atoms with E-state index in [2.05, 4.69) is 0 Å². The van der Waals surface area contributed by atoms with Crippen LogP contribution in [-0.2, 0) is 4.79 Å². The Hall–Kier alpha value is -0.874. The molecule has 0 saturated carbocycles. The molecule has 0 bridgehead atoms. The Morgan fingerprint density at radius 2 is 1.76 bits per heavy atom. The van der Waals surface area contributed by atoms with Crippen LogP contribution in [0.5, 0.6) is 0 Å². The first kappa shape index (κ1) is 16.1. The molecule has 0 spiro atoms. The number of rotatable bonds is 2. The van der Waals surface area contributed by atoms with Crippen LogP contribution in [0.2, 0.25) is 0 Å². The van der Waals surface area contributed by atoms with E-state index in [1.165, 1.54) is 19.1 Å². The summed E-state index contributed by atoms with van der Waals surface area (Å²) in [5, 5.41) is 26.6. The van der Waals surface area contributed by atoms with E-state index in [9.17, 15) is 4.79 Å². The van der Waals surface area contributed by atoms with Crippen LogP contribution in [0.15, 0.2) is 23.3 Å². The van der Waals surface area contributed by atoms with E-state index >= 15 is 0 Å². The number of hydrogen-bond acceptors (Lipinski definition) is 4. The molecule has 0 aromatic heterocycles. The maximum Gasteiger partial charge on any atom is 1.00 e. The van der Waals surface area contributed by atoms with Gasteiger partial charge in [-0.1, -0.05) is 17.1 Å². The van der Waals surface area contributed by atoms with E-state index in [-0.39, 0.29) is 74.7 Å². The summed E-state index contributed by atoms with van der Waals surface area (Å²) in [7, 11) is 0. The summed E-state index contributed by atoms with van der Waals surface area (Å²) in [6, 6.07) is 5.79. The van der Waals surface area contributed by atoms with Crippen LogP contribution in [0.3, 0.4) is 0 Å². The Kier molecular flexibility index (Phi) is 7.07. The molecule has 1 aliphatic carbocycles. The van der Waals surface area contributed by atoms with Gasteiger partial charge < -0.3 is 4.79 Å². The monoisotopic (exact) mass is 249 g/mol. The molecule has 1 aliphatic rings. The van der Waals surface area contributed by atoms with Crippen LogP contribution in [0.4, 0.5) is 0 Å². The molecule has 17 heavy (non-hydrogen) atoms. The minimum atomic E-state index is -0.569. The third kappa shape index (κ3) is 4.13. The SMILES string of the molecule is CC(=O)C[C-]1C(C#N)=CC(C#N)C=C1C#N.[K+]. The maximum atomic E-state index is 11.0. The minimum absolute atomic E-state index is 0. The van der Waals surface area contributed by atoms with Crippen molar-refractivity contribution in [2.24, 2.45) is 5.92 Å². The van der Waals surface area contributed by atoms with Gasteiger partial charge in [-0.2, -0.15) is 5.26 Å². The third-order valence-electron chi connectivity index (χ3n) is 2.16. The van der Waals surface area contributed by atoms with Gasteiger partial charge in [0.25, 0.3) is 0 Å². The summed E-state index contributed by atoms with van der Waals surface area (Å²) in [6.45, 7) is 1.40. The van der Waals surface area contributed by atoms with Gasteiger partial charge >= 0.3 is 51.4 Å². The van der Waals surface area contributed by atoms with Crippen molar-refractivity contribution in [2.45, 2.75) is 13.3 Å². The second kappa shape index (κ2) is 7.45. The summed E-state index contributed by atoms with van der Waals surface area (Å²) in [5.74, 6) is -0.267. The number of carbonyl (C=O) groups excluding carboxylic acids is 1. The second-order valence-corrected chi connectivity index (χ2v) is 3.40. The van der Waals surface area contributed by atoms with Crippen molar-refractivity contribution in [3.05, 3.63) is 29.2 Å². The summed E-state index contributed by atoms with van der Waals surface area (Å²) in [6.07, 6.45) is 3.00. The fourth-order valence-corrected chi connectivity index (χ4v) is 1.48. The van der Waals surface area contributed by atoms with Gasteiger partial charge in [-0.15, -0.1) is 12.2 Å². The first-order chi connectivity index (χ1) is 7.62. The quantitative estimate of drug-likeness (QED) is 0.444. The zero-order valence-corrected chi connectivity index (χ0v) is 12.8. The molecule has 0 aromatic carbocycles. The van der Waals surface area contributed by atoms with Gasteiger partial charge in [0.05, 0.1) is 6.07 Å². The Balaban J connectivity index is 0.00000256. The standard InChI is InChI=1S/C12H8N3O.K/c1-8(16)2-12-10(6-14)3-9(5-13)4-11(12)7-15;/h3-4,9H,2H2,1H3;/q-1;+1. The van der Waals surface area contributed by atoms with Gasteiger partial charge in [0.1, 0.15) is 5.78 Å². The van der Waals surface area contributed by atoms with Gasteiger partial charge in [-0.25, -0.2) is 10.5 Å². The average molecular weight is 249 g/mol. The summed E-state index contributed by atoms with van der Waals surface area (Å²) >= 11 is 0. The van der Waals surface area contributed by atoms with Gasteiger partial charge in [-0.05, 0) is 19.1 Å². The van der Waals surface area contributed by atoms with Gasteiger partial charge in [0, 0.05) is 12.3 Å². The molecule has 0 saturated heterocycles. The zero-order valence-electron chi connectivity index (χ0n) is 9.69. The Morgan fingerprint density at radius 1 is 1.29 bits per heavy atom. The Bertz CT molecular complexity index is 467. The second-order valence-electron chi connectivity index (χ2n) is 3.40. The topological polar surface area (TPSA) is 88.4 Å². The smallest absolute Gasteiger partial charge is 0.300 e. The van der Waals surface area contributed by atoms with Crippen molar-refractivity contribution in [1.82, 2.24) is 0 Å². The molecule has 5 heteroatoms. The number of allylic oxidation sites excluding steroid dienone is 4. The number of nitriles is 3. The zero-order chi connectivity index (χ0) is 12.1. The van der Waals surface area contributed by atoms with Crippen molar-refractivity contribution in [3.63, 3.8) is 0 Å². The molecule has 0 heterocycles. The molecule has 0 aromatic rings. The maximum absolute atomic E-state index is 11.0. The molecule has 1 rings (SSSR count). The number of hydrogen-bond donors (Lipinski definition) is 0. The number of carbonyl (C=O) groups is 1. The molecule has 78 valence electrons. The molecule has 0 amide bonds. The van der Waals surface area contributed by atoms with E-state index in [1.807, 2.05) is 18.2 Å². The van der Waals surface area contributed by atoms with E-state index in [0.717, 1.165) is 0 Å². The first-order valence-corrected chi connectivity index (χ1v) is 4.61. The van der Waals surface area contributed by atoms with E-state index < -0.39 is 5.92 Å². The van der Waals surface area contributed by atoms with Crippen molar-refractivity contribution >= 4 is 5.78 Å². The number of ketones is 1. The van der Waals surface area contributed by atoms with Crippen molar-refractivity contribution in [2.75, 3.05) is 0 Å². The third-order valence-corrected chi connectivity index (χ3v) is 2.16. The van der Waals surface area contributed by atoms with Crippen LogP contribution in [-0.4, -0.2) is 5.78 Å². The molecule has 0 N–H and O–H groups in total. The molecule has 0 radical (unpaired) electrons. The molecule has 4 nitrogen and oxygen atoms in total. The molecular formula is C12H8KN3O. The van der Waals surface area contributed by atoms with Crippen molar-refractivity contribution < 1.29 is 56.2 Å². The minimum Gasteiger partial charge on any atom is -0.300 e. The predicted molar refractivity (Wildman–Crippen MR) is 55.0 cm³/mol. The molecule has 0 fully saturated rings. The Morgan fingerprint density at radius 3 is 2.06 bits per heavy atom. The molecule has 0 atom stereocenters. The molecule has 0 aliphatic heterocycles. The Labute approximate surface area is 143 Å². The number of Topliss-reactive ketones (excluding diaryl/α,β-unsaturated/α-hetero) is 1. The van der Waals surface area contributed by atoms with Gasteiger partial charge in [0.2, 0.25) is 0 Å². The summed E-state index contributed by atoms with van der Waals surface area (Å²) in [5.41, 5.74) is 0.501. The van der Waals surface area contributed by atoms with Crippen LogP contribution in [0, 0.1) is 45.8 Å². The van der Waals surface area contributed by atoms with Crippen LogP contribution in [0.25, 0.3) is 0 Å². The summed E-state index contributed by atoms with van der Waals surface area (Å²) in [4.78, 5) is 11.0. The van der Waals surface area contributed by atoms with E-state index in [1.54, 1.807) is 0 Å². The predicted octanol–water partition coefficient (Wildman–Crippen LogP) is -1.40. The van der Waals surface area contributed by atoms with E-state index in [0.29, 0.717) is 5.92 Å². The normalized spacial score (nSPS) is 14.4. The average Bonchev–Trinajstić information content (AvgIpc) is 2.28. The molecular weight excluding hydrogens is 241 g/mol. The first-order valence-electron chi connectivity index (χ1n) is 4.61. The van der Waals surface area contributed by atoms with Crippen molar-refractivity contribution in [1.29, 1.82) is 15.8 Å². The summed E-state index contributed by atoms with van der Waals surface area (Å²) < 4.78 is 0. The van der Waals surface area contributed by atoms with Crippen molar-refractivity contribution in [3.8, 4) is 18.2 Å². The van der Waals surface area contributed by atoms with Crippen LogP contribution < -0.4 is 51.4 Å². The van der Waals surface area contributed by atoms with Gasteiger partial charge in [-0.3, -0.25) is 0 Å². The largest absolute Gasteiger partial charge is 1.00 e. The van der Waals surface area contributed by atoms with E-state index in [4.69, 9.17) is 15.8 Å².